The molecule has 1 aromatic heterocycles. The Morgan fingerprint density at radius 2 is 2.16 bits per heavy atom. The summed E-state index contributed by atoms with van der Waals surface area (Å²) >= 11 is 0. The molecule has 5 nitrogen and oxygen atoms in total. The molecule has 0 aliphatic carbocycles. The Labute approximate surface area is 110 Å². The maximum absolute atomic E-state index is 11.7. The van der Waals surface area contributed by atoms with Crippen LogP contribution < -0.4 is 15.0 Å². The third-order valence-electron chi connectivity index (χ3n) is 3.12. The smallest absolute Gasteiger partial charge is 0.254 e. The van der Waals surface area contributed by atoms with Gasteiger partial charge in [-0.05, 0) is 24.1 Å². The normalized spacial score (nSPS) is 12.7. The Hall–Kier alpha value is -2.30. The van der Waals surface area contributed by atoms with Crippen LogP contribution in [0.2, 0.25) is 0 Å². The number of nitrogens with zero attached hydrogens (tertiary/aromatic N) is 1. The lowest BCUT2D eigenvalue weighted by Crippen LogP contribution is -2.15. The highest BCUT2D eigenvalue weighted by molar-refractivity contribution is 5.45. The van der Waals surface area contributed by atoms with E-state index in [1.54, 1.807) is 6.20 Å². The fourth-order valence-corrected chi connectivity index (χ4v) is 2.04. The van der Waals surface area contributed by atoms with Crippen LogP contribution in [0.4, 0.5) is 0 Å². The van der Waals surface area contributed by atoms with Crippen LogP contribution >= 0.6 is 0 Å². The molecular weight excluding hydrogens is 244 g/mol. The van der Waals surface area contributed by atoms with Gasteiger partial charge in [0, 0.05) is 18.2 Å². The highest BCUT2D eigenvalue weighted by atomic mass is 16.7. The van der Waals surface area contributed by atoms with Crippen molar-refractivity contribution in [2.45, 2.75) is 19.8 Å². The van der Waals surface area contributed by atoms with Gasteiger partial charge in [0.2, 0.25) is 6.79 Å². The van der Waals surface area contributed by atoms with E-state index in [0.717, 1.165) is 17.1 Å². The zero-order valence-electron chi connectivity index (χ0n) is 10.6. The molecule has 0 radical (unpaired) electrons. The summed E-state index contributed by atoms with van der Waals surface area (Å²) in [7, 11) is 0. The molecule has 1 aliphatic heterocycles. The Bertz CT molecular complexity index is 664. The number of rotatable bonds is 3. The molecule has 1 N–H and O–H groups in total. The SMILES string of the molecule is CCc1cnc(Cc2ccc3c(c2)OCO3)[nH]c1=O. The predicted octanol–water partition coefficient (Wildman–Crippen LogP) is 1.65. The number of aromatic nitrogens is 2. The third-order valence-corrected chi connectivity index (χ3v) is 3.12. The van der Waals surface area contributed by atoms with E-state index in [4.69, 9.17) is 9.47 Å². The summed E-state index contributed by atoms with van der Waals surface area (Å²) in [6.07, 6.45) is 2.89. The summed E-state index contributed by atoms with van der Waals surface area (Å²) in [5.41, 5.74) is 1.67. The van der Waals surface area contributed by atoms with E-state index in [1.165, 1.54) is 0 Å². The minimum Gasteiger partial charge on any atom is -0.454 e. The topological polar surface area (TPSA) is 64.2 Å². The minimum absolute atomic E-state index is 0.0618. The molecule has 1 aromatic carbocycles. The molecular formula is C14H14N2O3. The zero-order valence-corrected chi connectivity index (χ0v) is 10.6. The molecule has 0 atom stereocenters. The molecule has 0 saturated carbocycles. The van der Waals surface area contributed by atoms with Gasteiger partial charge < -0.3 is 14.5 Å². The van der Waals surface area contributed by atoms with E-state index in [0.29, 0.717) is 24.2 Å². The lowest BCUT2D eigenvalue weighted by Gasteiger charge is -2.03. The average Bonchev–Trinajstić information content (AvgIpc) is 2.86. The zero-order chi connectivity index (χ0) is 13.2. The van der Waals surface area contributed by atoms with E-state index >= 15 is 0 Å². The fraction of sp³-hybridized carbons (Fsp3) is 0.286. The second-order valence-electron chi connectivity index (χ2n) is 4.40. The summed E-state index contributed by atoms with van der Waals surface area (Å²) < 4.78 is 10.6. The summed E-state index contributed by atoms with van der Waals surface area (Å²) in [5, 5.41) is 0. The molecule has 0 saturated heterocycles. The largest absolute Gasteiger partial charge is 0.454 e. The summed E-state index contributed by atoms with van der Waals surface area (Å²) in [4.78, 5) is 18.8. The maximum Gasteiger partial charge on any atom is 0.254 e. The van der Waals surface area contributed by atoms with Crippen LogP contribution in [0.25, 0.3) is 0 Å². The molecule has 5 heteroatoms. The van der Waals surface area contributed by atoms with Crippen molar-refractivity contribution in [2.24, 2.45) is 0 Å². The van der Waals surface area contributed by atoms with Gasteiger partial charge in [0.05, 0.1) is 0 Å². The molecule has 0 amide bonds. The van der Waals surface area contributed by atoms with Crippen molar-refractivity contribution in [1.82, 2.24) is 9.97 Å². The van der Waals surface area contributed by atoms with E-state index < -0.39 is 0 Å². The standard InChI is InChI=1S/C14H14N2O3/c1-2-10-7-15-13(16-14(10)17)6-9-3-4-11-12(5-9)19-8-18-11/h3-5,7H,2,6,8H2,1H3,(H,15,16,17). The van der Waals surface area contributed by atoms with E-state index in [2.05, 4.69) is 9.97 Å². The molecule has 2 aromatic rings. The van der Waals surface area contributed by atoms with Crippen molar-refractivity contribution < 1.29 is 9.47 Å². The first-order chi connectivity index (χ1) is 9.26. The van der Waals surface area contributed by atoms with Crippen molar-refractivity contribution >= 4 is 0 Å². The highest BCUT2D eigenvalue weighted by Crippen LogP contribution is 2.32. The molecule has 98 valence electrons. The van der Waals surface area contributed by atoms with Gasteiger partial charge in [0.1, 0.15) is 5.82 Å². The number of benzene rings is 1. The summed E-state index contributed by atoms with van der Waals surface area (Å²) in [6.45, 7) is 2.20. The Morgan fingerprint density at radius 1 is 1.32 bits per heavy atom. The maximum atomic E-state index is 11.7. The summed E-state index contributed by atoms with van der Waals surface area (Å²) in [5.74, 6) is 2.15. The second kappa shape index (κ2) is 4.76. The highest BCUT2D eigenvalue weighted by Gasteiger charge is 2.13. The molecule has 2 heterocycles. The first-order valence-corrected chi connectivity index (χ1v) is 6.22. The molecule has 3 rings (SSSR count). The number of aromatic amines is 1. The second-order valence-corrected chi connectivity index (χ2v) is 4.40. The predicted molar refractivity (Wildman–Crippen MR) is 69.6 cm³/mol. The van der Waals surface area contributed by atoms with E-state index in [1.807, 2.05) is 25.1 Å². The Kier molecular flexibility index (Phi) is 2.95. The van der Waals surface area contributed by atoms with Gasteiger partial charge in [0.15, 0.2) is 11.5 Å². The van der Waals surface area contributed by atoms with Crippen LogP contribution in [-0.4, -0.2) is 16.8 Å². The number of fused-ring (bicyclic) bond motifs is 1. The Balaban J connectivity index is 1.85. The third kappa shape index (κ3) is 2.31. The van der Waals surface area contributed by atoms with Gasteiger partial charge in [0.25, 0.3) is 5.56 Å². The molecule has 19 heavy (non-hydrogen) atoms. The van der Waals surface area contributed by atoms with Crippen LogP contribution in [-0.2, 0) is 12.8 Å². The van der Waals surface area contributed by atoms with Crippen molar-refractivity contribution in [3.05, 3.63) is 51.7 Å². The van der Waals surface area contributed by atoms with Gasteiger partial charge in [-0.2, -0.15) is 0 Å². The number of hydrogen-bond acceptors (Lipinski definition) is 4. The van der Waals surface area contributed by atoms with Crippen molar-refractivity contribution in [3.63, 3.8) is 0 Å². The Morgan fingerprint density at radius 3 is 2.95 bits per heavy atom. The lowest BCUT2D eigenvalue weighted by atomic mass is 10.1. The molecule has 0 bridgehead atoms. The van der Waals surface area contributed by atoms with Gasteiger partial charge in [-0.25, -0.2) is 4.98 Å². The number of nitrogens with one attached hydrogen (secondary N) is 1. The fourth-order valence-electron chi connectivity index (χ4n) is 2.04. The van der Waals surface area contributed by atoms with Crippen LogP contribution in [0.5, 0.6) is 11.5 Å². The van der Waals surface area contributed by atoms with Gasteiger partial charge >= 0.3 is 0 Å². The quantitative estimate of drug-likeness (QED) is 0.909. The van der Waals surface area contributed by atoms with Crippen molar-refractivity contribution in [3.8, 4) is 11.5 Å². The van der Waals surface area contributed by atoms with E-state index in [-0.39, 0.29) is 12.4 Å². The molecule has 0 spiro atoms. The molecule has 1 aliphatic rings. The van der Waals surface area contributed by atoms with E-state index in [9.17, 15) is 4.79 Å². The van der Waals surface area contributed by atoms with Gasteiger partial charge in [-0.1, -0.05) is 13.0 Å². The first-order valence-electron chi connectivity index (χ1n) is 6.22. The van der Waals surface area contributed by atoms with Crippen LogP contribution in [0.1, 0.15) is 23.9 Å². The monoisotopic (exact) mass is 258 g/mol. The number of aryl methyl sites for hydroxylation is 1. The first kappa shape index (κ1) is 11.8. The van der Waals surface area contributed by atoms with Crippen molar-refractivity contribution in [2.75, 3.05) is 6.79 Å². The summed E-state index contributed by atoms with van der Waals surface area (Å²) in [6, 6.07) is 5.73. The molecule has 0 fully saturated rings. The molecule has 0 unspecified atom stereocenters. The average molecular weight is 258 g/mol. The van der Waals surface area contributed by atoms with Gasteiger partial charge in [-0.3, -0.25) is 4.79 Å². The van der Waals surface area contributed by atoms with Crippen molar-refractivity contribution in [1.29, 1.82) is 0 Å². The number of hydrogen-bond donors (Lipinski definition) is 1. The number of H-pyrrole nitrogens is 1. The van der Waals surface area contributed by atoms with Gasteiger partial charge in [-0.15, -0.1) is 0 Å². The van der Waals surface area contributed by atoms with Crippen LogP contribution in [0, 0.1) is 0 Å². The van der Waals surface area contributed by atoms with Crippen LogP contribution in [0.15, 0.2) is 29.2 Å². The minimum atomic E-state index is -0.0618. The lowest BCUT2D eigenvalue weighted by molar-refractivity contribution is 0.174. The van der Waals surface area contributed by atoms with Crippen LogP contribution in [0.3, 0.4) is 0 Å². The number of ether oxygens (including phenoxy) is 2.